The second-order valence-electron chi connectivity index (χ2n) is 5.04. The molecule has 1 fully saturated rings. The maximum atomic E-state index is 12.2. The fraction of sp³-hybridized carbons (Fsp3) is 0.538. The monoisotopic (exact) mass is 312 g/mol. The Kier molecular flexibility index (Phi) is 5.54. The molecule has 0 radical (unpaired) electrons. The van der Waals surface area contributed by atoms with Crippen LogP contribution in [0, 0.1) is 0 Å². The van der Waals surface area contributed by atoms with Crippen molar-refractivity contribution in [3.05, 3.63) is 16.8 Å². The summed E-state index contributed by atoms with van der Waals surface area (Å²) < 4.78 is 5.63. The van der Waals surface area contributed by atoms with Gasteiger partial charge in [0.2, 0.25) is 5.91 Å². The molecule has 0 aliphatic carbocycles. The molecular weight excluding hydrogens is 292 g/mol. The Hall–Kier alpha value is -1.64. The van der Waals surface area contributed by atoms with Crippen molar-refractivity contribution in [1.82, 2.24) is 9.80 Å². The first-order chi connectivity index (χ1) is 10.0. The van der Waals surface area contributed by atoms with E-state index in [-0.39, 0.29) is 24.6 Å². The number of thiophene rings is 1. The van der Waals surface area contributed by atoms with E-state index < -0.39 is 0 Å². The minimum absolute atomic E-state index is 0.115. The summed E-state index contributed by atoms with van der Waals surface area (Å²) >= 11 is 1.53. The number of carbonyl (C=O) groups excluding carboxylic acids is 2. The van der Waals surface area contributed by atoms with E-state index in [0.29, 0.717) is 26.2 Å². The van der Waals surface area contributed by atoms with Gasteiger partial charge in [0.05, 0.1) is 24.9 Å². The minimum Gasteiger partial charge on any atom is -0.373 e. The third kappa shape index (κ3) is 5.00. The summed E-state index contributed by atoms with van der Waals surface area (Å²) in [6, 6.07) is 1.74. The number of urea groups is 1. The van der Waals surface area contributed by atoms with Crippen LogP contribution >= 0.6 is 11.3 Å². The highest BCUT2D eigenvalue weighted by Crippen LogP contribution is 2.14. The van der Waals surface area contributed by atoms with Crippen molar-refractivity contribution in [2.24, 2.45) is 5.73 Å². The highest BCUT2D eigenvalue weighted by atomic mass is 32.1. The average molecular weight is 312 g/mol. The van der Waals surface area contributed by atoms with Crippen molar-refractivity contribution >= 4 is 29.0 Å². The Labute approximate surface area is 127 Å². The lowest BCUT2D eigenvalue weighted by atomic mass is 10.2. The van der Waals surface area contributed by atoms with Crippen molar-refractivity contribution in [3.8, 4) is 0 Å². The predicted molar refractivity (Wildman–Crippen MR) is 81.3 cm³/mol. The smallest absolute Gasteiger partial charge is 0.322 e. The molecule has 1 aliphatic heterocycles. The number of hydrogen-bond acceptors (Lipinski definition) is 5. The molecule has 116 valence electrons. The maximum absolute atomic E-state index is 12.2. The van der Waals surface area contributed by atoms with Crippen LogP contribution in [-0.4, -0.2) is 67.7 Å². The molecule has 1 aromatic heterocycles. The summed E-state index contributed by atoms with van der Waals surface area (Å²) in [5, 5.41) is 6.65. The van der Waals surface area contributed by atoms with Crippen LogP contribution in [0.25, 0.3) is 0 Å². The molecule has 8 heteroatoms. The summed E-state index contributed by atoms with van der Waals surface area (Å²) in [5.41, 5.74) is 5.96. The molecule has 0 bridgehead atoms. The number of carbonyl (C=O) groups is 2. The fourth-order valence-corrected chi connectivity index (χ4v) is 2.82. The molecule has 1 unspecified atom stereocenters. The van der Waals surface area contributed by atoms with Crippen molar-refractivity contribution in [1.29, 1.82) is 0 Å². The van der Waals surface area contributed by atoms with Crippen LogP contribution in [-0.2, 0) is 9.53 Å². The quantitative estimate of drug-likeness (QED) is 0.824. The molecule has 21 heavy (non-hydrogen) atoms. The second kappa shape index (κ2) is 7.39. The molecule has 3 amide bonds. The van der Waals surface area contributed by atoms with Gasteiger partial charge in [0.25, 0.3) is 0 Å². The molecule has 1 aliphatic rings. The first-order valence-corrected chi connectivity index (χ1v) is 7.65. The highest BCUT2D eigenvalue weighted by Gasteiger charge is 2.25. The van der Waals surface area contributed by atoms with Crippen molar-refractivity contribution < 1.29 is 14.3 Å². The lowest BCUT2D eigenvalue weighted by Gasteiger charge is -2.34. The number of ether oxygens (including phenoxy) is 1. The van der Waals surface area contributed by atoms with Crippen LogP contribution in [0.4, 0.5) is 10.5 Å². The molecule has 7 nitrogen and oxygen atoms in total. The number of primary amides is 1. The number of amides is 3. The Morgan fingerprint density at radius 2 is 2.43 bits per heavy atom. The van der Waals surface area contributed by atoms with Gasteiger partial charge in [-0.2, -0.15) is 11.3 Å². The zero-order valence-corrected chi connectivity index (χ0v) is 12.8. The van der Waals surface area contributed by atoms with E-state index in [1.54, 1.807) is 16.8 Å². The van der Waals surface area contributed by atoms with Crippen LogP contribution in [0.5, 0.6) is 0 Å². The lowest BCUT2D eigenvalue weighted by molar-refractivity contribution is -0.119. The lowest BCUT2D eigenvalue weighted by Crippen LogP contribution is -2.51. The Morgan fingerprint density at radius 3 is 3.10 bits per heavy atom. The van der Waals surface area contributed by atoms with E-state index in [9.17, 15) is 9.59 Å². The van der Waals surface area contributed by atoms with Crippen LogP contribution in [0.15, 0.2) is 16.8 Å². The van der Waals surface area contributed by atoms with E-state index in [2.05, 4.69) is 5.32 Å². The standard InChI is InChI=1S/C13H20N4O3S/c1-16(8-12(14)18)6-11-7-17(3-4-20-11)13(19)15-10-2-5-21-9-10/h2,5,9,11H,3-4,6-8H2,1H3,(H2,14,18)(H,15,19). The number of morpholine rings is 1. The summed E-state index contributed by atoms with van der Waals surface area (Å²) in [7, 11) is 1.80. The minimum atomic E-state index is -0.375. The summed E-state index contributed by atoms with van der Waals surface area (Å²) in [5.74, 6) is -0.375. The SMILES string of the molecule is CN(CC(N)=O)CC1CN(C(=O)Nc2ccsc2)CCO1. The third-order valence-corrected chi connectivity index (χ3v) is 3.82. The third-order valence-electron chi connectivity index (χ3n) is 3.14. The maximum Gasteiger partial charge on any atom is 0.322 e. The Morgan fingerprint density at radius 1 is 1.62 bits per heavy atom. The molecule has 0 saturated carbocycles. The molecule has 1 aromatic rings. The van der Waals surface area contributed by atoms with E-state index >= 15 is 0 Å². The van der Waals surface area contributed by atoms with Gasteiger partial charge in [0.15, 0.2) is 0 Å². The number of hydrogen-bond donors (Lipinski definition) is 2. The van der Waals surface area contributed by atoms with Gasteiger partial charge >= 0.3 is 6.03 Å². The normalized spacial score (nSPS) is 18.8. The van der Waals surface area contributed by atoms with Crippen LogP contribution in [0.1, 0.15) is 0 Å². The number of nitrogens with zero attached hydrogens (tertiary/aromatic N) is 2. The molecular formula is C13H20N4O3S. The van der Waals surface area contributed by atoms with Gasteiger partial charge in [0.1, 0.15) is 0 Å². The first kappa shape index (κ1) is 15.7. The van der Waals surface area contributed by atoms with E-state index in [0.717, 1.165) is 5.69 Å². The molecule has 0 aromatic carbocycles. The molecule has 1 saturated heterocycles. The van der Waals surface area contributed by atoms with Gasteiger partial charge in [-0.05, 0) is 18.5 Å². The Bertz CT molecular complexity index is 480. The largest absolute Gasteiger partial charge is 0.373 e. The van der Waals surface area contributed by atoms with Crippen molar-refractivity contribution in [2.45, 2.75) is 6.10 Å². The average Bonchev–Trinajstić information content (AvgIpc) is 2.90. The number of rotatable bonds is 5. The topological polar surface area (TPSA) is 87.9 Å². The van der Waals surface area contributed by atoms with Crippen molar-refractivity contribution in [2.75, 3.05) is 45.2 Å². The highest BCUT2D eigenvalue weighted by molar-refractivity contribution is 7.08. The molecule has 1 atom stereocenters. The van der Waals surface area contributed by atoms with Gasteiger partial charge in [-0.1, -0.05) is 0 Å². The fourth-order valence-electron chi connectivity index (χ4n) is 2.23. The number of likely N-dealkylation sites (N-methyl/N-ethyl adjacent to an activating group) is 1. The first-order valence-electron chi connectivity index (χ1n) is 6.71. The summed E-state index contributed by atoms with van der Waals surface area (Å²) in [4.78, 5) is 26.5. The summed E-state index contributed by atoms with van der Waals surface area (Å²) in [6.45, 7) is 2.29. The zero-order valence-electron chi connectivity index (χ0n) is 11.9. The number of nitrogens with one attached hydrogen (secondary N) is 1. The summed E-state index contributed by atoms with van der Waals surface area (Å²) in [6.07, 6.45) is -0.115. The van der Waals surface area contributed by atoms with Gasteiger partial charge in [-0.3, -0.25) is 9.69 Å². The zero-order chi connectivity index (χ0) is 15.2. The Balaban J connectivity index is 1.82. The molecule has 2 rings (SSSR count). The van der Waals surface area contributed by atoms with Crippen LogP contribution < -0.4 is 11.1 Å². The van der Waals surface area contributed by atoms with Crippen LogP contribution in [0.3, 0.4) is 0 Å². The van der Waals surface area contributed by atoms with E-state index in [1.807, 2.05) is 16.8 Å². The number of anilines is 1. The molecule has 2 heterocycles. The van der Waals surface area contributed by atoms with E-state index in [4.69, 9.17) is 10.5 Å². The van der Waals surface area contributed by atoms with Gasteiger partial charge in [-0.15, -0.1) is 0 Å². The van der Waals surface area contributed by atoms with Crippen molar-refractivity contribution in [3.63, 3.8) is 0 Å². The molecule has 3 N–H and O–H groups in total. The van der Waals surface area contributed by atoms with E-state index in [1.165, 1.54) is 11.3 Å². The van der Waals surface area contributed by atoms with Gasteiger partial charge in [0, 0.05) is 25.0 Å². The predicted octanol–water partition coefficient (Wildman–Crippen LogP) is 0.398. The number of nitrogens with two attached hydrogens (primary N) is 1. The second-order valence-corrected chi connectivity index (χ2v) is 5.82. The van der Waals surface area contributed by atoms with Gasteiger partial charge in [-0.25, -0.2) is 4.79 Å². The van der Waals surface area contributed by atoms with Gasteiger partial charge < -0.3 is 20.7 Å². The molecule has 0 spiro atoms. The van der Waals surface area contributed by atoms with Crippen LogP contribution in [0.2, 0.25) is 0 Å².